The maximum Gasteiger partial charge on any atom is 0.306 e. The van der Waals surface area contributed by atoms with Gasteiger partial charge in [0.05, 0.1) is 0 Å². The smallest absolute Gasteiger partial charge is 0.306 e. The third kappa shape index (κ3) is 55.4. The van der Waals surface area contributed by atoms with Crippen LogP contribution in [0, 0.1) is 0 Å². The second-order valence-corrected chi connectivity index (χ2v) is 19.2. The Morgan fingerprint density at radius 3 is 0.928 bits per heavy atom. The molecule has 0 unspecified atom stereocenters. The summed E-state index contributed by atoms with van der Waals surface area (Å²) in [5.41, 5.74) is 0. The van der Waals surface area contributed by atoms with Gasteiger partial charge in [-0.05, 0) is 96.3 Å². The Bertz CT molecular complexity index is 1330. The molecule has 396 valence electrons. The highest BCUT2D eigenvalue weighted by atomic mass is 16.6. The van der Waals surface area contributed by atoms with Crippen molar-refractivity contribution in [3.63, 3.8) is 0 Å². The van der Waals surface area contributed by atoms with Crippen molar-refractivity contribution in [2.45, 2.75) is 284 Å². The van der Waals surface area contributed by atoms with E-state index in [9.17, 15) is 14.4 Å². The zero-order valence-electron chi connectivity index (χ0n) is 45.3. The van der Waals surface area contributed by atoms with Gasteiger partial charge in [-0.15, -0.1) is 0 Å². The largest absolute Gasteiger partial charge is 0.462 e. The first-order chi connectivity index (χ1) is 34.0. The SMILES string of the molecule is CC/C=C/C/C=C/C/C=C/C/C=C/C/C=C/CCCCCC(=O)OC[C@@H](COC(=O)CCCCCCCCCCCCCCC)OC(=O)CCCCCCCCCCC/C=C/C/C=C/CCCCC. The number of allylic oxidation sites excluding steroid dienone is 14. The number of rotatable bonds is 52. The van der Waals surface area contributed by atoms with Crippen LogP contribution in [0.4, 0.5) is 0 Å². The van der Waals surface area contributed by atoms with E-state index in [0.717, 1.165) is 103 Å². The zero-order chi connectivity index (χ0) is 50.0. The Labute approximate surface area is 426 Å². The molecule has 0 N–H and O–H groups in total. The lowest BCUT2D eigenvalue weighted by Gasteiger charge is -2.18. The molecule has 6 heteroatoms. The molecule has 0 aliphatic rings. The maximum absolute atomic E-state index is 12.9. The first-order valence-electron chi connectivity index (χ1n) is 29.1. The van der Waals surface area contributed by atoms with Gasteiger partial charge < -0.3 is 14.2 Å². The average molecular weight is 962 g/mol. The Hall–Kier alpha value is -3.41. The first-order valence-corrected chi connectivity index (χ1v) is 29.1. The number of unbranched alkanes of at least 4 members (excludes halogenated alkanes) is 27. The molecule has 0 saturated heterocycles. The quantitative estimate of drug-likeness (QED) is 0.0262. The van der Waals surface area contributed by atoms with Crippen LogP contribution in [0.25, 0.3) is 0 Å². The van der Waals surface area contributed by atoms with Gasteiger partial charge in [0.2, 0.25) is 0 Å². The van der Waals surface area contributed by atoms with Crippen LogP contribution < -0.4 is 0 Å². The molecule has 0 aliphatic carbocycles. The van der Waals surface area contributed by atoms with E-state index in [1.165, 1.54) is 135 Å². The molecule has 0 heterocycles. The fraction of sp³-hybridized carbons (Fsp3) is 0.730. The van der Waals surface area contributed by atoms with E-state index < -0.39 is 6.10 Å². The number of carbonyl (C=O) groups excluding carboxylic acids is 3. The Morgan fingerprint density at radius 1 is 0.304 bits per heavy atom. The standard InChI is InChI=1S/C63H108O6/c1-4-7-10-13-16-19-22-25-27-29-31-33-35-38-41-44-47-50-53-56-62(65)68-59-60(58-67-61(64)55-52-49-46-43-40-37-24-21-18-15-12-9-6-3)69-63(66)57-54-51-48-45-42-39-36-34-32-30-28-26-23-20-17-14-11-8-5-2/h7,10,16-17,19-20,25-28,31,33,38,41,60H,4-6,8-9,11-15,18,21-24,29-30,32,34-37,39-40,42-59H2,1-3H3/b10-7+,19-16+,20-17+,27-25+,28-26+,33-31+,41-38+/t60-/m1/s1. The molecule has 0 aliphatic heterocycles. The van der Waals surface area contributed by atoms with Crippen molar-refractivity contribution in [1.82, 2.24) is 0 Å². The molecule has 0 rings (SSSR count). The fourth-order valence-electron chi connectivity index (χ4n) is 8.03. The molecule has 0 bridgehead atoms. The van der Waals surface area contributed by atoms with Crippen molar-refractivity contribution < 1.29 is 28.6 Å². The maximum atomic E-state index is 12.9. The minimum absolute atomic E-state index is 0.0869. The van der Waals surface area contributed by atoms with Crippen LogP contribution >= 0.6 is 0 Å². The van der Waals surface area contributed by atoms with Crippen LogP contribution in [-0.2, 0) is 28.6 Å². The third-order valence-corrected chi connectivity index (χ3v) is 12.4. The van der Waals surface area contributed by atoms with E-state index in [1.807, 2.05) is 0 Å². The van der Waals surface area contributed by atoms with E-state index in [2.05, 4.69) is 106 Å². The predicted molar refractivity (Wildman–Crippen MR) is 297 cm³/mol. The molecule has 0 aromatic heterocycles. The van der Waals surface area contributed by atoms with Crippen molar-refractivity contribution in [3.05, 3.63) is 85.1 Å². The highest BCUT2D eigenvalue weighted by molar-refractivity contribution is 5.71. The van der Waals surface area contributed by atoms with E-state index >= 15 is 0 Å². The fourth-order valence-corrected chi connectivity index (χ4v) is 8.03. The molecule has 0 radical (unpaired) electrons. The summed E-state index contributed by atoms with van der Waals surface area (Å²) in [6.07, 6.45) is 74.2. The zero-order valence-corrected chi connectivity index (χ0v) is 45.3. The summed E-state index contributed by atoms with van der Waals surface area (Å²) in [6.45, 7) is 6.49. The van der Waals surface area contributed by atoms with Gasteiger partial charge in [0.15, 0.2) is 6.10 Å². The molecule has 0 saturated carbocycles. The van der Waals surface area contributed by atoms with E-state index in [-0.39, 0.29) is 31.1 Å². The monoisotopic (exact) mass is 961 g/mol. The molecule has 6 nitrogen and oxygen atoms in total. The molecule has 69 heavy (non-hydrogen) atoms. The lowest BCUT2D eigenvalue weighted by molar-refractivity contribution is -0.167. The van der Waals surface area contributed by atoms with Crippen LogP contribution in [0.1, 0.15) is 278 Å². The van der Waals surface area contributed by atoms with Gasteiger partial charge in [0, 0.05) is 19.3 Å². The average Bonchev–Trinajstić information content (AvgIpc) is 3.35. The summed E-state index contributed by atoms with van der Waals surface area (Å²) in [4.78, 5) is 38.2. The summed E-state index contributed by atoms with van der Waals surface area (Å²) in [5.74, 6) is -0.917. The molecular weight excluding hydrogens is 853 g/mol. The lowest BCUT2D eigenvalue weighted by Crippen LogP contribution is -2.30. The first kappa shape index (κ1) is 65.6. The Kier molecular flexibility index (Phi) is 54.3. The van der Waals surface area contributed by atoms with E-state index in [4.69, 9.17) is 14.2 Å². The normalized spacial score (nSPS) is 12.7. The van der Waals surface area contributed by atoms with Gasteiger partial charge in [0.1, 0.15) is 13.2 Å². The second-order valence-electron chi connectivity index (χ2n) is 19.2. The van der Waals surface area contributed by atoms with Crippen LogP contribution in [0.5, 0.6) is 0 Å². The van der Waals surface area contributed by atoms with Crippen molar-refractivity contribution >= 4 is 17.9 Å². The van der Waals surface area contributed by atoms with Crippen LogP contribution in [-0.4, -0.2) is 37.2 Å². The summed E-state index contributed by atoms with van der Waals surface area (Å²) in [5, 5.41) is 0. The van der Waals surface area contributed by atoms with Gasteiger partial charge in [-0.3, -0.25) is 14.4 Å². The molecule has 0 spiro atoms. The van der Waals surface area contributed by atoms with Crippen LogP contribution in [0.3, 0.4) is 0 Å². The highest BCUT2D eigenvalue weighted by Crippen LogP contribution is 2.15. The second kappa shape index (κ2) is 57.2. The van der Waals surface area contributed by atoms with Crippen molar-refractivity contribution in [2.75, 3.05) is 13.2 Å². The van der Waals surface area contributed by atoms with Gasteiger partial charge >= 0.3 is 17.9 Å². The Morgan fingerprint density at radius 2 is 0.565 bits per heavy atom. The highest BCUT2D eigenvalue weighted by Gasteiger charge is 2.19. The van der Waals surface area contributed by atoms with Crippen molar-refractivity contribution in [3.8, 4) is 0 Å². The lowest BCUT2D eigenvalue weighted by atomic mass is 10.0. The number of ether oxygens (including phenoxy) is 3. The number of esters is 3. The van der Waals surface area contributed by atoms with Crippen molar-refractivity contribution in [1.29, 1.82) is 0 Å². The number of carbonyl (C=O) groups is 3. The summed E-state index contributed by atoms with van der Waals surface area (Å²) in [7, 11) is 0. The topological polar surface area (TPSA) is 78.9 Å². The summed E-state index contributed by atoms with van der Waals surface area (Å²) < 4.78 is 16.9. The van der Waals surface area contributed by atoms with E-state index in [1.54, 1.807) is 0 Å². The molecule has 1 atom stereocenters. The summed E-state index contributed by atoms with van der Waals surface area (Å²) in [6, 6.07) is 0. The van der Waals surface area contributed by atoms with E-state index in [0.29, 0.717) is 19.3 Å². The molecule has 0 fully saturated rings. The molecule has 0 aromatic carbocycles. The van der Waals surface area contributed by atoms with Crippen molar-refractivity contribution in [2.24, 2.45) is 0 Å². The minimum Gasteiger partial charge on any atom is -0.462 e. The third-order valence-electron chi connectivity index (χ3n) is 12.4. The number of hydrogen-bond acceptors (Lipinski definition) is 6. The van der Waals surface area contributed by atoms with Crippen LogP contribution in [0.2, 0.25) is 0 Å². The molecule has 0 aromatic rings. The summed E-state index contributed by atoms with van der Waals surface area (Å²) >= 11 is 0. The number of hydrogen-bond donors (Lipinski definition) is 0. The van der Waals surface area contributed by atoms with Gasteiger partial charge in [-0.1, -0.05) is 247 Å². The Balaban J connectivity index is 4.43. The van der Waals surface area contributed by atoms with Crippen LogP contribution in [0.15, 0.2) is 85.1 Å². The minimum atomic E-state index is -0.792. The van der Waals surface area contributed by atoms with Gasteiger partial charge in [-0.25, -0.2) is 0 Å². The molecular formula is C63H108O6. The van der Waals surface area contributed by atoms with Gasteiger partial charge in [0.25, 0.3) is 0 Å². The van der Waals surface area contributed by atoms with Gasteiger partial charge in [-0.2, -0.15) is 0 Å². The predicted octanol–water partition coefficient (Wildman–Crippen LogP) is 19.5. The molecule has 0 amide bonds.